The van der Waals surface area contributed by atoms with Crippen molar-refractivity contribution in [1.82, 2.24) is 4.98 Å². The maximum Gasteiger partial charge on any atom is 0.236 e. The summed E-state index contributed by atoms with van der Waals surface area (Å²) < 4.78 is 11.4. The molecule has 1 N–H and O–H groups in total. The number of aromatic nitrogens is 1. The minimum atomic E-state index is -0.147. The first-order valence-electron chi connectivity index (χ1n) is 8.80. The third-order valence-corrected chi connectivity index (χ3v) is 4.93. The topological polar surface area (TPSA) is 64.4 Å². The zero-order chi connectivity index (χ0) is 19.3. The summed E-state index contributed by atoms with van der Waals surface area (Å²) in [5, 5.41) is 4.84. The van der Waals surface area contributed by atoms with Crippen molar-refractivity contribution in [3.63, 3.8) is 0 Å². The Bertz CT molecular complexity index is 1060. The van der Waals surface area contributed by atoms with Crippen molar-refractivity contribution in [3.05, 3.63) is 83.6 Å². The van der Waals surface area contributed by atoms with Crippen LogP contribution in [-0.4, -0.2) is 10.9 Å². The van der Waals surface area contributed by atoms with Crippen molar-refractivity contribution in [3.8, 4) is 22.3 Å². The molecule has 140 valence electrons. The average molecular weight is 390 g/mol. The number of nitrogens with one attached hydrogen (secondary N) is 1. The number of carbonyl (C=O) groups excluding carboxylic acids is 1. The Morgan fingerprint density at radius 3 is 2.50 bits per heavy atom. The van der Waals surface area contributed by atoms with Crippen LogP contribution >= 0.6 is 11.3 Å². The van der Waals surface area contributed by atoms with E-state index >= 15 is 0 Å². The molecule has 28 heavy (non-hydrogen) atoms. The lowest BCUT2D eigenvalue weighted by Gasteiger charge is -2.07. The number of rotatable bonds is 6. The van der Waals surface area contributed by atoms with E-state index in [0.29, 0.717) is 28.8 Å². The van der Waals surface area contributed by atoms with E-state index in [9.17, 15) is 4.79 Å². The molecule has 0 unspecified atom stereocenters. The number of anilines is 1. The lowest BCUT2D eigenvalue weighted by atomic mass is 10.2. The highest BCUT2D eigenvalue weighted by Gasteiger charge is 2.15. The molecule has 0 spiro atoms. The number of oxazole rings is 1. The molecule has 0 radical (unpaired) electrons. The molecule has 0 aliphatic rings. The highest BCUT2D eigenvalue weighted by molar-refractivity contribution is 7.13. The predicted molar refractivity (Wildman–Crippen MR) is 110 cm³/mol. The van der Waals surface area contributed by atoms with E-state index < -0.39 is 0 Å². The van der Waals surface area contributed by atoms with E-state index in [4.69, 9.17) is 9.15 Å². The van der Waals surface area contributed by atoms with Gasteiger partial charge in [-0.3, -0.25) is 4.79 Å². The number of nitrogens with zero attached hydrogens (tertiary/aromatic N) is 1. The van der Waals surface area contributed by atoms with Crippen LogP contribution in [0.1, 0.15) is 11.5 Å². The van der Waals surface area contributed by atoms with E-state index in [1.165, 1.54) is 0 Å². The number of benzene rings is 2. The zero-order valence-corrected chi connectivity index (χ0v) is 16.0. The summed E-state index contributed by atoms with van der Waals surface area (Å²) >= 11 is 1.55. The second-order valence-corrected chi connectivity index (χ2v) is 7.11. The fourth-order valence-electron chi connectivity index (χ4n) is 2.69. The first-order chi connectivity index (χ1) is 13.7. The van der Waals surface area contributed by atoms with Crippen molar-refractivity contribution in [2.45, 2.75) is 13.3 Å². The first-order valence-corrected chi connectivity index (χ1v) is 9.68. The van der Waals surface area contributed by atoms with E-state index in [2.05, 4.69) is 10.3 Å². The zero-order valence-electron chi connectivity index (χ0n) is 15.2. The predicted octanol–water partition coefficient (Wildman–Crippen LogP) is 5.69. The molecule has 0 aliphatic heterocycles. The summed E-state index contributed by atoms with van der Waals surface area (Å²) in [4.78, 5) is 17.8. The van der Waals surface area contributed by atoms with Gasteiger partial charge in [-0.15, -0.1) is 11.3 Å². The van der Waals surface area contributed by atoms with Gasteiger partial charge < -0.3 is 14.5 Å². The van der Waals surface area contributed by atoms with Gasteiger partial charge in [-0.1, -0.05) is 24.3 Å². The standard InChI is InChI=1S/C22H18N2O3S/c1-15-19(24-22(26-15)20-8-5-13-28-20)14-21(25)23-16-9-11-18(12-10-16)27-17-6-3-2-4-7-17/h2-13H,14H2,1H3,(H,23,25). The van der Waals surface area contributed by atoms with Crippen LogP contribution < -0.4 is 10.1 Å². The second-order valence-electron chi connectivity index (χ2n) is 6.16. The largest absolute Gasteiger partial charge is 0.457 e. The van der Waals surface area contributed by atoms with Crippen LogP contribution in [0.2, 0.25) is 0 Å². The molecule has 0 bridgehead atoms. The molecule has 2 heterocycles. The van der Waals surface area contributed by atoms with Crippen molar-refractivity contribution in [2.24, 2.45) is 0 Å². The van der Waals surface area contributed by atoms with Crippen LogP contribution in [0, 0.1) is 6.92 Å². The molecule has 0 saturated heterocycles. The third-order valence-electron chi connectivity index (χ3n) is 4.07. The number of ether oxygens (including phenoxy) is 1. The van der Waals surface area contributed by atoms with Gasteiger partial charge in [0.15, 0.2) is 0 Å². The Balaban J connectivity index is 1.37. The number of carbonyl (C=O) groups is 1. The maximum atomic E-state index is 12.4. The van der Waals surface area contributed by atoms with E-state index in [-0.39, 0.29) is 12.3 Å². The van der Waals surface area contributed by atoms with Gasteiger partial charge in [-0.25, -0.2) is 4.98 Å². The fraction of sp³-hybridized carbons (Fsp3) is 0.0909. The number of hydrogen-bond acceptors (Lipinski definition) is 5. The van der Waals surface area contributed by atoms with Gasteiger partial charge in [0.1, 0.15) is 17.3 Å². The lowest BCUT2D eigenvalue weighted by Crippen LogP contribution is -2.15. The van der Waals surface area contributed by atoms with E-state index in [0.717, 1.165) is 10.6 Å². The minimum Gasteiger partial charge on any atom is -0.457 e. The Labute approximate surface area is 166 Å². The average Bonchev–Trinajstić information content (AvgIpc) is 3.35. The summed E-state index contributed by atoms with van der Waals surface area (Å²) in [6.45, 7) is 1.82. The quantitative estimate of drug-likeness (QED) is 0.460. The normalized spacial score (nSPS) is 10.6. The second kappa shape index (κ2) is 8.10. The molecule has 0 fully saturated rings. The van der Waals surface area contributed by atoms with Gasteiger partial charge in [-0.2, -0.15) is 0 Å². The smallest absolute Gasteiger partial charge is 0.236 e. The summed E-state index contributed by atoms with van der Waals surface area (Å²) in [5.41, 5.74) is 1.34. The molecule has 4 aromatic rings. The molecule has 0 saturated carbocycles. The number of amides is 1. The van der Waals surface area contributed by atoms with Crippen LogP contribution in [0.4, 0.5) is 5.69 Å². The fourth-order valence-corrected chi connectivity index (χ4v) is 3.33. The molecule has 2 aromatic carbocycles. The van der Waals surface area contributed by atoms with Crippen LogP contribution in [-0.2, 0) is 11.2 Å². The Kier molecular flexibility index (Phi) is 5.21. The van der Waals surface area contributed by atoms with Gasteiger partial charge in [0.05, 0.1) is 17.0 Å². The Morgan fingerprint density at radius 2 is 1.79 bits per heavy atom. The molecule has 1 amide bonds. The molecular formula is C22H18N2O3S. The summed E-state index contributed by atoms with van der Waals surface area (Å²) in [7, 11) is 0. The van der Waals surface area contributed by atoms with E-state index in [1.807, 2.05) is 79.0 Å². The molecular weight excluding hydrogens is 372 g/mol. The number of aryl methyl sites for hydroxylation is 1. The number of thiophene rings is 1. The van der Waals surface area contributed by atoms with Crippen LogP contribution in [0.25, 0.3) is 10.8 Å². The lowest BCUT2D eigenvalue weighted by molar-refractivity contribution is -0.115. The highest BCUT2D eigenvalue weighted by atomic mass is 32.1. The van der Waals surface area contributed by atoms with Crippen molar-refractivity contribution >= 4 is 22.9 Å². The number of hydrogen-bond donors (Lipinski definition) is 1. The van der Waals surface area contributed by atoms with Gasteiger partial charge in [0, 0.05) is 5.69 Å². The first kappa shape index (κ1) is 18.0. The minimum absolute atomic E-state index is 0.147. The number of para-hydroxylation sites is 1. The SMILES string of the molecule is Cc1oc(-c2cccs2)nc1CC(=O)Nc1ccc(Oc2ccccc2)cc1. The summed E-state index contributed by atoms with van der Waals surface area (Å²) in [5.74, 6) is 2.54. The van der Waals surface area contributed by atoms with Gasteiger partial charge in [0.25, 0.3) is 0 Å². The Hall–Kier alpha value is -3.38. The maximum absolute atomic E-state index is 12.4. The summed E-state index contributed by atoms with van der Waals surface area (Å²) in [6, 6.07) is 20.7. The van der Waals surface area contributed by atoms with Crippen LogP contribution in [0.15, 0.2) is 76.5 Å². The van der Waals surface area contributed by atoms with Crippen molar-refractivity contribution < 1.29 is 13.9 Å². The van der Waals surface area contributed by atoms with Crippen molar-refractivity contribution in [1.29, 1.82) is 0 Å². The molecule has 4 rings (SSSR count). The monoisotopic (exact) mass is 390 g/mol. The molecule has 5 nitrogen and oxygen atoms in total. The molecule has 6 heteroatoms. The van der Waals surface area contributed by atoms with E-state index in [1.54, 1.807) is 11.3 Å². The molecule has 0 atom stereocenters. The van der Waals surface area contributed by atoms with Crippen molar-refractivity contribution in [2.75, 3.05) is 5.32 Å². The van der Waals surface area contributed by atoms with Crippen LogP contribution in [0.3, 0.4) is 0 Å². The van der Waals surface area contributed by atoms with Gasteiger partial charge in [-0.05, 0) is 54.8 Å². The van der Waals surface area contributed by atoms with Crippen LogP contribution in [0.5, 0.6) is 11.5 Å². The van der Waals surface area contributed by atoms with Gasteiger partial charge in [0.2, 0.25) is 11.8 Å². The summed E-state index contributed by atoms with van der Waals surface area (Å²) in [6.07, 6.45) is 0.156. The Morgan fingerprint density at radius 1 is 1.04 bits per heavy atom. The third kappa shape index (κ3) is 4.29. The molecule has 2 aromatic heterocycles. The molecule has 0 aliphatic carbocycles. The van der Waals surface area contributed by atoms with Gasteiger partial charge >= 0.3 is 0 Å². The highest BCUT2D eigenvalue weighted by Crippen LogP contribution is 2.26.